The average molecular weight is 462 g/mol. The summed E-state index contributed by atoms with van der Waals surface area (Å²) in [5.41, 5.74) is 3.24. The molecule has 2 aliphatic heterocycles. The van der Waals surface area contributed by atoms with Gasteiger partial charge >= 0.3 is 12.2 Å². The van der Waals surface area contributed by atoms with Crippen LogP contribution in [0.3, 0.4) is 0 Å². The molecule has 1 aromatic heterocycles. The molecule has 0 radical (unpaired) electrons. The number of amides is 2. The van der Waals surface area contributed by atoms with Gasteiger partial charge in [0, 0.05) is 31.0 Å². The number of hydrazone groups is 1. The van der Waals surface area contributed by atoms with E-state index in [-0.39, 0.29) is 6.04 Å². The smallest absolute Gasteiger partial charge is 0.379 e. The van der Waals surface area contributed by atoms with Crippen LogP contribution < -0.4 is 5.32 Å². The minimum absolute atomic E-state index is 0.0768. The van der Waals surface area contributed by atoms with Gasteiger partial charge in [-0.3, -0.25) is 4.90 Å². The fourth-order valence-electron chi connectivity index (χ4n) is 3.82. The van der Waals surface area contributed by atoms with E-state index < -0.39 is 24.1 Å². The van der Waals surface area contributed by atoms with Crippen LogP contribution in [0.15, 0.2) is 41.8 Å². The van der Waals surface area contributed by atoms with E-state index >= 15 is 0 Å². The summed E-state index contributed by atoms with van der Waals surface area (Å²) in [5.74, 6) is -1.22. The van der Waals surface area contributed by atoms with Crippen LogP contribution in [0.1, 0.15) is 35.5 Å². The zero-order valence-electron chi connectivity index (χ0n) is 18.3. The van der Waals surface area contributed by atoms with E-state index in [1.54, 1.807) is 6.92 Å². The SMILES string of the molecule is Cc1ccc(C2=NN(C(=O)NC(C)c3cnc(C(F)(F)F)nc3)C[C@@H]2N2CCOCC2)cc1. The van der Waals surface area contributed by atoms with Crippen LogP contribution in [0.5, 0.6) is 0 Å². The molecule has 0 bridgehead atoms. The Hall–Kier alpha value is -3.05. The third-order valence-corrected chi connectivity index (χ3v) is 5.72. The number of aromatic nitrogens is 2. The molecule has 0 spiro atoms. The van der Waals surface area contributed by atoms with E-state index in [0.29, 0.717) is 25.3 Å². The number of aryl methyl sites for hydroxylation is 1. The maximum Gasteiger partial charge on any atom is 0.451 e. The number of alkyl halides is 3. The van der Waals surface area contributed by atoms with Crippen LogP contribution in [0.2, 0.25) is 0 Å². The van der Waals surface area contributed by atoms with Crippen molar-refractivity contribution in [2.24, 2.45) is 5.10 Å². The first-order valence-electron chi connectivity index (χ1n) is 10.7. The Morgan fingerprint density at radius 2 is 1.79 bits per heavy atom. The summed E-state index contributed by atoms with van der Waals surface area (Å²) in [6.07, 6.45) is -2.47. The van der Waals surface area contributed by atoms with Gasteiger partial charge in [0.05, 0.1) is 37.6 Å². The third kappa shape index (κ3) is 5.31. The van der Waals surface area contributed by atoms with Crippen LogP contribution in [0.25, 0.3) is 0 Å². The highest BCUT2D eigenvalue weighted by Gasteiger charge is 2.37. The molecule has 0 aliphatic carbocycles. The lowest BCUT2D eigenvalue weighted by Gasteiger charge is -2.32. The van der Waals surface area contributed by atoms with Gasteiger partial charge in [0.25, 0.3) is 0 Å². The second-order valence-electron chi connectivity index (χ2n) is 8.11. The molecule has 1 N–H and O–H groups in total. The molecule has 176 valence electrons. The molecule has 1 aromatic carbocycles. The molecule has 2 aliphatic rings. The minimum atomic E-state index is -4.61. The average Bonchev–Trinajstić information content (AvgIpc) is 3.25. The molecule has 2 amide bonds. The van der Waals surface area contributed by atoms with Crippen molar-refractivity contribution in [3.8, 4) is 0 Å². The number of nitrogens with one attached hydrogen (secondary N) is 1. The quantitative estimate of drug-likeness (QED) is 0.756. The Balaban J connectivity index is 1.50. The predicted octanol–water partition coefficient (Wildman–Crippen LogP) is 3.00. The lowest BCUT2D eigenvalue weighted by molar-refractivity contribution is -0.145. The van der Waals surface area contributed by atoms with Crippen molar-refractivity contribution in [2.75, 3.05) is 32.8 Å². The molecule has 8 nitrogen and oxygen atoms in total. The molecular formula is C22H25F3N6O2. The number of carbonyl (C=O) groups excluding carboxylic acids is 1. The van der Waals surface area contributed by atoms with Crippen LogP contribution in [-0.2, 0) is 10.9 Å². The van der Waals surface area contributed by atoms with Crippen LogP contribution >= 0.6 is 0 Å². The lowest BCUT2D eigenvalue weighted by atomic mass is 10.0. The fourth-order valence-corrected chi connectivity index (χ4v) is 3.82. The van der Waals surface area contributed by atoms with E-state index in [9.17, 15) is 18.0 Å². The Morgan fingerprint density at radius 3 is 2.39 bits per heavy atom. The number of rotatable bonds is 4. The number of hydrogen-bond donors (Lipinski definition) is 1. The molecule has 4 rings (SSSR count). The Morgan fingerprint density at radius 1 is 1.15 bits per heavy atom. The molecule has 2 atom stereocenters. The number of ether oxygens (including phenoxy) is 1. The molecule has 1 unspecified atom stereocenters. The molecule has 3 heterocycles. The topological polar surface area (TPSA) is 83.0 Å². The van der Waals surface area contributed by atoms with Gasteiger partial charge in [-0.2, -0.15) is 18.3 Å². The molecule has 33 heavy (non-hydrogen) atoms. The summed E-state index contributed by atoms with van der Waals surface area (Å²) in [6, 6.07) is 6.87. The predicted molar refractivity (Wildman–Crippen MR) is 115 cm³/mol. The largest absolute Gasteiger partial charge is 0.451 e. The van der Waals surface area contributed by atoms with Crippen molar-refractivity contribution >= 4 is 11.7 Å². The zero-order chi connectivity index (χ0) is 23.6. The van der Waals surface area contributed by atoms with Crippen molar-refractivity contribution in [3.63, 3.8) is 0 Å². The van der Waals surface area contributed by atoms with Crippen molar-refractivity contribution in [1.29, 1.82) is 0 Å². The number of hydrogen-bond acceptors (Lipinski definition) is 6. The van der Waals surface area contributed by atoms with Gasteiger partial charge in [0.1, 0.15) is 0 Å². The van der Waals surface area contributed by atoms with Gasteiger partial charge in [0.15, 0.2) is 0 Å². The minimum Gasteiger partial charge on any atom is -0.379 e. The summed E-state index contributed by atoms with van der Waals surface area (Å²) in [6.45, 7) is 6.75. The first-order valence-corrected chi connectivity index (χ1v) is 10.7. The van der Waals surface area contributed by atoms with Crippen molar-refractivity contribution in [3.05, 3.63) is 59.2 Å². The summed E-state index contributed by atoms with van der Waals surface area (Å²) in [5, 5.41) is 8.76. The Labute approximate surface area is 189 Å². The normalized spacial score (nSPS) is 20.5. The number of morpholine rings is 1. The van der Waals surface area contributed by atoms with Crippen molar-refractivity contribution in [2.45, 2.75) is 32.1 Å². The van der Waals surface area contributed by atoms with E-state index in [0.717, 1.165) is 42.3 Å². The molecule has 0 saturated carbocycles. The number of benzene rings is 1. The molecule has 2 aromatic rings. The fraction of sp³-hybridized carbons (Fsp3) is 0.455. The van der Waals surface area contributed by atoms with Crippen LogP contribution in [0, 0.1) is 6.92 Å². The van der Waals surface area contributed by atoms with Crippen molar-refractivity contribution in [1.82, 2.24) is 25.2 Å². The number of halogens is 3. The molecular weight excluding hydrogens is 437 g/mol. The molecule has 11 heteroatoms. The van der Waals surface area contributed by atoms with Gasteiger partial charge in [-0.25, -0.2) is 19.8 Å². The van der Waals surface area contributed by atoms with Crippen molar-refractivity contribution < 1.29 is 22.7 Å². The highest BCUT2D eigenvalue weighted by molar-refractivity contribution is 6.06. The van der Waals surface area contributed by atoms with E-state index in [4.69, 9.17) is 4.74 Å². The first kappa shape index (κ1) is 23.1. The molecule has 1 fully saturated rings. The van der Waals surface area contributed by atoms with E-state index in [2.05, 4.69) is 25.3 Å². The summed E-state index contributed by atoms with van der Waals surface area (Å²) >= 11 is 0. The summed E-state index contributed by atoms with van der Waals surface area (Å²) < 4.78 is 43.6. The standard InChI is InChI=1S/C22H25F3N6O2/c1-14-3-5-16(6-4-14)19-18(30-7-9-33-10-8-30)13-31(29-19)21(32)28-15(2)17-11-26-20(27-12-17)22(23,24)25/h3-6,11-12,15,18H,7-10,13H2,1-2H3,(H,28,32)/t15?,18-/m0/s1. The zero-order valence-corrected chi connectivity index (χ0v) is 18.3. The van der Waals surface area contributed by atoms with Gasteiger partial charge in [0.2, 0.25) is 5.82 Å². The second kappa shape index (κ2) is 9.44. The van der Waals surface area contributed by atoms with Crippen LogP contribution in [-0.4, -0.2) is 70.5 Å². The highest BCUT2D eigenvalue weighted by Crippen LogP contribution is 2.26. The lowest BCUT2D eigenvalue weighted by Crippen LogP contribution is -2.49. The number of nitrogens with zero attached hydrogens (tertiary/aromatic N) is 5. The van der Waals surface area contributed by atoms with Crippen LogP contribution in [0.4, 0.5) is 18.0 Å². The Bertz CT molecular complexity index is 1000. The number of carbonyl (C=O) groups is 1. The Kier molecular flexibility index (Phi) is 6.61. The summed E-state index contributed by atoms with van der Waals surface area (Å²) in [4.78, 5) is 21.9. The summed E-state index contributed by atoms with van der Waals surface area (Å²) in [7, 11) is 0. The highest BCUT2D eigenvalue weighted by atomic mass is 19.4. The first-order chi connectivity index (χ1) is 15.7. The van der Waals surface area contributed by atoms with Gasteiger partial charge in [-0.05, 0) is 19.4 Å². The molecule has 1 saturated heterocycles. The maximum absolute atomic E-state index is 13.0. The number of urea groups is 1. The van der Waals surface area contributed by atoms with E-state index in [1.165, 1.54) is 5.01 Å². The second-order valence-corrected chi connectivity index (χ2v) is 8.11. The van der Waals surface area contributed by atoms with Gasteiger partial charge in [-0.15, -0.1) is 0 Å². The van der Waals surface area contributed by atoms with E-state index in [1.807, 2.05) is 31.2 Å². The third-order valence-electron chi connectivity index (χ3n) is 5.72. The van der Waals surface area contributed by atoms with Gasteiger partial charge in [-0.1, -0.05) is 29.8 Å². The monoisotopic (exact) mass is 462 g/mol. The van der Waals surface area contributed by atoms with Gasteiger partial charge < -0.3 is 10.1 Å². The maximum atomic E-state index is 13.0.